The molecule has 5 heteroatoms. The molecule has 0 saturated heterocycles. The minimum Gasteiger partial charge on any atom is -0.337 e. The van der Waals surface area contributed by atoms with Crippen molar-refractivity contribution in [3.05, 3.63) is 35.4 Å². The lowest BCUT2D eigenvalue weighted by Crippen LogP contribution is -2.45. The average Bonchev–Trinajstić information content (AvgIpc) is 2.37. The number of carbonyl (C=O) groups excluding carboxylic acids is 2. The highest BCUT2D eigenvalue weighted by Gasteiger charge is 2.15. The molecule has 0 aliphatic carbocycles. The molecule has 0 bridgehead atoms. The lowest BCUT2D eigenvalue weighted by atomic mass is 10.1. The molecule has 19 heavy (non-hydrogen) atoms. The number of amides is 3. The summed E-state index contributed by atoms with van der Waals surface area (Å²) in [6.07, 6.45) is 0.736. The van der Waals surface area contributed by atoms with Crippen LogP contribution in [0.2, 0.25) is 0 Å². The van der Waals surface area contributed by atoms with Gasteiger partial charge in [-0.25, -0.2) is 4.79 Å². The fraction of sp³-hybridized carbons (Fsp3) is 0.429. The normalized spacial score (nSPS) is 10.1. The molecule has 0 heterocycles. The van der Waals surface area contributed by atoms with Gasteiger partial charge in [0.2, 0.25) is 5.91 Å². The zero-order valence-corrected chi connectivity index (χ0v) is 11.5. The van der Waals surface area contributed by atoms with E-state index in [1.807, 2.05) is 31.2 Å². The predicted molar refractivity (Wildman–Crippen MR) is 74.7 cm³/mol. The monoisotopic (exact) mass is 263 g/mol. The van der Waals surface area contributed by atoms with Crippen LogP contribution in [0.4, 0.5) is 4.79 Å². The van der Waals surface area contributed by atoms with Crippen molar-refractivity contribution in [2.24, 2.45) is 5.73 Å². The Morgan fingerprint density at radius 2 is 1.89 bits per heavy atom. The Morgan fingerprint density at radius 1 is 1.26 bits per heavy atom. The Bertz CT molecular complexity index is 429. The van der Waals surface area contributed by atoms with Crippen molar-refractivity contribution >= 4 is 11.9 Å². The van der Waals surface area contributed by atoms with Crippen LogP contribution >= 0.6 is 0 Å². The summed E-state index contributed by atoms with van der Waals surface area (Å²) in [5.74, 6) is -0.293. The third-order valence-corrected chi connectivity index (χ3v) is 2.79. The average molecular weight is 263 g/mol. The van der Waals surface area contributed by atoms with Crippen LogP contribution in [0.1, 0.15) is 18.1 Å². The van der Waals surface area contributed by atoms with Crippen molar-refractivity contribution in [2.45, 2.75) is 20.3 Å². The van der Waals surface area contributed by atoms with Crippen LogP contribution in [0.3, 0.4) is 0 Å². The van der Waals surface area contributed by atoms with E-state index in [1.54, 1.807) is 0 Å². The lowest BCUT2D eigenvalue weighted by molar-refractivity contribution is -0.125. The van der Waals surface area contributed by atoms with Gasteiger partial charge in [-0.2, -0.15) is 0 Å². The molecule has 0 fully saturated rings. The second-order valence-electron chi connectivity index (χ2n) is 4.43. The summed E-state index contributed by atoms with van der Waals surface area (Å²) in [7, 11) is 0. The minimum atomic E-state index is -0.384. The van der Waals surface area contributed by atoms with E-state index in [0.717, 1.165) is 16.9 Å². The van der Waals surface area contributed by atoms with Crippen molar-refractivity contribution < 1.29 is 9.59 Å². The summed E-state index contributed by atoms with van der Waals surface area (Å²) < 4.78 is 0. The van der Waals surface area contributed by atoms with Gasteiger partial charge in [0.05, 0.1) is 0 Å². The lowest BCUT2D eigenvalue weighted by Gasteiger charge is -2.18. The highest BCUT2D eigenvalue weighted by Crippen LogP contribution is 2.03. The molecular weight excluding hydrogens is 242 g/mol. The van der Waals surface area contributed by atoms with E-state index in [0.29, 0.717) is 6.54 Å². The topological polar surface area (TPSA) is 75.4 Å². The Morgan fingerprint density at radius 3 is 2.42 bits per heavy atom. The molecule has 0 spiro atoms. The fourth-order valence-corrected chi connectivity index (χ4v) is 1.70. The quantitative estimate of drug-likeness (QED) is 0.834. The molecule has 1 rings (SSSR count). The molecule has 3 amide bonds. The van der Waals surface area contributed by atoms with Crippen LogP contribution < -0.4 is 11.1 Å². The number of hydrogen-bond donors (Lipinski definition) is 2. The van der Waals surface area contributed by atoms with Gasteiger partial charge < -0.3 is 11.1 Å². The number of nitrogens with one attached hydrogen (secondary N) is 1. The van der Waals surface area contributed by atoms with Gasteiger partial charge in [0.25, 0.3) is 0 Å². The van der Waals surface area contributed by atoms with E-state index in [2.05, 4.69) is 5.32 Å². The number of hydrogen-bond acceptors (Lipinski definition) is 3. The second kappa shape index (κ2) is 7.53. The van der Waals surface area contributed by atoms with Crippen molar-refractivity contribution in [1.29, 1.82) is 0 Å². The van der Waals surface area contributed by atoms with E-state index in [4.69, 9.17) is 5.73 Å². The number of urea groups is 1. The Kier molecular flexibility index (Phi) is 6.02. The van der Waals surface area contributed by atoms with Gasteiger partial charge in [-0.3, -0.25) is 9.69 Å². The maximum atomic E-state index is 11.8. The van der Waals surface area contributed by atoms with Crippen molar-refractivity contribution in [3.63, 3.8) is 0 Å². The zero-order valence-electron chi connectivity index (χ0n) is 11.5. The van der Waals surface area contributed by atoms with Crippen LogP contribution in [0.15, 0.2) is 24.3 Å². The highest BCUT2D eigenvalue weighted by atomic mass is 16.2. The summed E-state index contributed by atoms with van der Waals surface area (Å²) in [5, 5.41) is 2.72. The second-order valence-corrected chi connectivity index (χ2v) is 4.43. The maximum Gasteiger partial charge on any atom is 0.324 e. The molecule has 0 aromatic heterocycles. The van der Waals surface area contributed by atoms with Gasteiger partial charge in [-0.15, -0.1) is 0 Å². The first-order valence-corrected chi connectivity index (χ1v) is 6.36. The molecule has 3 N–H and O–H groups in total. The van der Waals surface area contributed by atoms with Gasteiger partial charge in [0.15, 0.2) is 0 Å². The molecule has 1 aromatic rings. The van der Waals surface area contributed by atoms with Gasteiger partial charge in [0.1, 0.15) is 0 Å². The fourth-order valence-electron chi connectivity index (χ4n) is 1.70. The predicted octanol–water partition coefficient (Wildman–Crippen LogP) is 1.05. The highest BCUT2D eigenvalue weighted by molar-refractivity contribution is 5.93. The van der Waals surface area contributed by atoms with Crippen molar-refractivity contribution in [2.75, 3.05) is 19.6 Å². The molecule has 0 aliphatic rings. The molecule has 1 aromatic carbocycles. The Labute approximate surface area is 113 Å². The Hall–Kier alpha value is -1.88. The van der Waals surface area contributed by atoms with E-state index in [1.165, 1.54) is 12.5 Å². The smallest absolute Gasteiger partial charge is 0.324 e. The first kappa shape index (κ1) is 15.2. The number of rotatable bonds is 5. The maximum absolute atomic E-state index is 11.8. The largest absolute Gasteiger partial charge is 0.337 e. The number of nitrogens with two attached hydrogens (primary N) is 1. The standard InChI is InChI=1S/C14H21N3O2/c1-11-3-5-13(6-4-11)7-9-16-14(19)17(10-8-15)12(2)18/h3-6H,7-10,15H2,1-2H3,(H,16,19). The van der Waals surface area contributed by atoms with Crippen LogP contribution in [-0.4, -0.2) is 36.5 Å². The van der Waals surface area contributed by atoms with E-state index < -0.39 is 0 Å². The number of carbonyl (C=O) groups is 2. The van der Waals surface area contributed by atoms with Crippen LogP contribution in [-0.2, 0) is 11.2 Å². The number of aryl methyl sites for hydroxylation is 1. The zero-order chi connectivity index (χ0) is 14.3. The van der Waals surface area contributed by atoms with Gasteiger partial charge in [-0.1, -0.05) is 29.8 Å². The summed E-state index contributed by atoms with van der Waals surface area (Å²) in [6, 6.07) is 7.75. The molecule has 0 aliphatic heterocycles. The van der Waals surface area contributed by atoms with Crippen LogP contribution in [0.25, 0.3) is 0 Å². The van der Waals surface area contributed by atoms with E-state index >= 15 is 0 Å². The van der Waals surface area contributed by atoms with Gasteiger partial charge >= 0.3 is 6.03 Å². The molecule has 104 valence electrons. The molecular formula is C14H21N3O2. The summed E-state index contributed by atoms with van der Waals surface area (Å²) in [5.41, 5.74) is 7.72. The number of benzene rings is 1. The van der Waals surface area contributed by atoms with E-state index in [9.17, 15) is 9.59 Å². The summed E-state index contributed by atoms with van der Waals surface area (Å²) in [4.78, 5) is 24.1. The van der Waals surface area contributed by atoms with Crippen molar-refractivity contribution in [3.8, 4) is 0 Å². The van der Waals surface area contributed by atoms with Gasteiger partial charge in [0, 0.05) is 26.6 Å². The number of nitrogens with zero attached hydrogens (tertiary/aromatic N) is 1. The molecule has 0 atom stereocenters. The third-order valence-electron chi connectivity index (χ3n) is 2.79. The number of imide groups is 1. The van der Waals surface area contributed by atoms with Crippen molar-refractivity contribution in [1.82, 2.24) is 10.2 Å². The Balaban J connectivity index is 2.41. The SMILES string of the molecule is CC(=O)N(CCN)C(=O)NCCc1ccc(C)cc1. The minimum absolute atomic E-state index is 0.242. The third kappa shape index (κ3) is 5.09. The van der Waals surface area contributed by atoms with Gasteiger partial charge in [-0.05, 0) is 18.9 Å². The first-order chi connectivity index (χ1) is 9.04. The van der Waals surface area contributed by atoms with Crippen LogP contribution in [0.5, 0.6) is 0 Å². The van der Waals surface area contributed by atoms with Crippen LogP contribution in [0, 0.1) is 6.92 Å². The molecule has 0 unspecified atom stereocenters. The first-order valence-electron chi connectivity index (χ1n) is 6.36. The molecule has 0 radical (unpaired) electrons. The van der Waals surface area contributed by atoms with E-state index in [-0.39, 0.29) is 25.0 Å². The molecule has 0 saturated carbocycles. The summed E-state index contributed by atoms with van der Waals surface area (Å²) in [6.45, 7) is 4.39. The summed E-state index contributed by atoms with van der Waals surface area (Å²) >= 11 is 0. The molecule has 5 nitrogen and oxygen atoms in total.